The Hall–Kier alpha value is -1.07. The van der Waals surface area contributed by atoms with Crippen molar-refractivity contribution in [1.82, 2.24) is 4.31 Å². The lowest BCUT2D eigenvalue weighted by molar-refractivity contribution is 0.304. The molecule has 0 atom stereocenters. The first-order chi connectivity index (χ1) is 10.6. The Morgan fingerprint density at radius 2 is 1.86 bits per heavy atom. The summed E-state index contributed by atoms with van der Waals surface area (Å²) in [5, 5.41) is 0. The summed E-state index contributed by atoms with van der Waals surface area (Å²) in [6.07, 6.45) is 6.38. The van der Waals surface area contributed by atoms with Gasteiger partial charge in [0, 0.05) is 13.1 Å². The number of sulfonamides is 1. The van der Waals surface area contributed by atoms with E-state index in [1.165, 1.54) is 0 Å². The van der Waals surface area contributed by atoms with E-state index in [-0.39, 0.29) is 0 Å². The van der Waals surface area contributed by atoms with Gasteiger partial charge in [-0.2, -0.15) is 4.31 Å². The second-order valence-corrected chi connectivity index (χ2v) is 7.89. The highest BCUT2D eigenvalue weighted by Gasteiger charge is 2.26. The first-order valence-electron chi connectivity index (χ1n) is 8.29. The van der Waals surface area contributed by atoms with Gasteiger partial charge in [-0.15, -0.1) is 0 Å². The fraction of sp³-hybridized carbons (Fsp3) is 0.647. The summed E-state index contributed by atoms with van der Waals surface area (Å²) in [4.78, 5) is 0.382. The molecule has 5 heteroatoms. The molecule has 1 aromatic rings. The molecule has 1 saturated heterocycles. The van der Waals surface area contributed by atoms with Gasteiger partial charge in [-0.1, -0.05) is 26.2 Å². The number of hydrogen-bond acceptors (Lipinski definition) is 3. The molecule has 0 aliphatic carbocycles. The Balaban J connectivity index is 2.07. The van der Waals surface area contributed by atoms with Crippen molar-refractivity contribution in [1.29, 1.82) is 0 Å². The van der Waals surface area contributed by atoms with Crippen molar-refractivity contribution in [3.05, 3.63) is 23.8 Å². The number of piperidine rings is 1. The van der Waals surface area contributed by atoms with E-state index in [2.05, 4.69) is 6.92 Å². The number of aryl methyl sites for hydroxylation is 1. The van der Waals surface area contributed by atoms with Gasteiger partial charge in [0.15, 0.2) is 0 Å². The number of benzene rings is 1. The normalized spacial score (nSPS) is 16.6. The number of unbranched alkanes of at least 4 members (excludes halogenated alkanes) is 2. The Morgan fingerprint density at radius 3 is 2.50 bits per heavy atom. The molecule has 0 spiro atoms. The van der Waals surface area contributed by atoms with Crippen LogP contribution in [0.4, 0.5) is 0 Å². The maximum absolute atomic E-state index is 12.6. The van der Waals surface area contributed by atoms with E-state index in [9.17, 15) is 8.42 Å². The monoisotopic (exact) mass is 325 g/mol. The predicted octanol–water partition coefficient (Wildman–Crippen LogP) is 3.74. The van der Waals surface area contributed by atoms with E-state index < -0.39 is 10.0 Å². The van der Waals surface area contributed by atoms with E-state index in [1.807, 2.05) is 6.92 Å². The highest BCUT2D eigenvalue weighted by atomic mass is 32.2. The van der Waals surface area contributed by atoms with Gasteiger partial charge in [0.25, 0.3) is 0 Å². The van der Waals surface area contributed by atoms with Gasteiger partial charge in [0.05, 0.1) is 11.5 Å². The summed E-state index contributed by atoms with van der Waals surface area (Å²) >= 11 is 0. The van der Waals surface area contributed by atoms with Crippen molar-refractivity contribution in [3.8, 4) is 5.75 Å². The third-order valence-corrected chi connectivity index (χ3v) is 6.00. The standard InChI is InChI=1S/C17H27NO3S/c1-3-4-8-13-21-17-10-9-16(14-15(17)2)22(19,20)18-11-6-5-7-12-18/h9-10,14H,3-8,11-13H2,1-2H3. The Morgan fingerprint density at radius 1 is 1.14 bits per heavy atom. The number of hydrogen-bond donors (Lipinski definition) is 0. The topological polar surface area (TPSA) is 46.6 Å². The Kier molecular flexibility index (Phi) is 6.26. The van der Waals surface area contributed by atoms with E-state index in [4.69, 9.17) is 4.74 Å². The van der Waals surface area contributed by atoms with Gasteiger partial charge >= 0.3 is 0 Å². The largest absolute Gasteiger partial charge is 0.493 e. The zero-order valence-electron chi connectivity index (χ0n) is 13.7. The van der Waals surface area contributed by atoms with Crippen LogP contribution in [-0.4, -0.2) is 32.4 Å². The molecule has 22 heavy (non-hydrogen) atoms. The van der Waals surface area contributed by atoms with Gasteiger partial charge < -0.3 is 4.74 Å². The average Bonchev–Trinajstić information content (AvgIpc) is 2.53. The van der Waals surface area contributed by atoms with E-state index >= 15 is 0 Å². The van der Waals surface area contributed by atoms with Crippen LogP contribution in [0.15, 0.2) is 23.1 Å². The second kappa shape index (κ2) is 7.97. The molecule has 0 bridgehead atoms. The summed E-state index contributed by atoms with van der Waals surface area (Å²) in [6.45, 7) is 6.02. The van der Waals surface area contributed by atoms with Gasteiger partial charge in [-0.05, 0) is 49.9 Å². The van der Waals surface area contributed by atoms with Crippen LogP contribution < -0.4 is 4.74 Å². The van der Waals surface area contributed by atoms with Gasteiger partial charge in [-0.3, -0.25) is 0 Å². The molecule has 4 nitrogen and oxygen atoms in total. The van der Waals surface area contributed by atoms with E-state index in [1.54, 1.807) is 22.5 Å². The molecule has 0 unspecified atom stereocenters. The number of rotatable bonds is 7. The molecule has 0 radical (unpaired) electrons. The summed E-state index contributed by atoms with van der Waals surface area (Å²) in [5.74, 6) is 0.786. The molecular formula is C17H27NO3S. The van der Waals surface area contributed by atoms with Gasteiger partial charge in [-0.25, -0.2) is 8.42 Å². The quantitative estimate of drug-likeness (QED) is 0.718. The minimum absolute atomic E-state index is 0.382. The highest BCUT2D eigenvalue weighted by Crippen LogP contribution is 2.26. The lowest BCUT2D eigenvalue weighted by Crippen LogP contribution is -2.35. The molecule has 124 valence electrons. The lowest BCUT2D eigenvalue weighted by Gasteiger charge is -2.26. The van der Waals surface area contributed by atoms with Crippen LogP contribution >= 0.6 is 0 Å². The highest BCUT2D eigenvalue weighted by molar-refractivity contribution is 7.89. The van der Waals surface area contributed by atoms with Crippen LogP contribution in [0.5, 0.6) is 5.75 Å². The molecule has 1 fully saturated rings. The van der Waals surface area contributed by atoms with Crippen LogP contribution in [0.25, 0.3) is 0 Å². The van der Waals surface area contributed by atoms with Crippen molar-refractivity contribution >= 4 is 10.0 Å². The van der Waals surface area contributed by atoms with Crippen molar-refractivity contribution in [2.45, 2.75) is 57.3 Å². The Labute approximate surface area is 134 Å². The Bertz CT molecular complexity index is 578. The van der Waals surface area contributed by atoms with E-state index in [0.717, 1.165) is 49.8 Å². The zero-order chi connectivity index (χ0) is 16.0. The van der Waals surface area contributed by atoms with Crippen molar-refractivity contribution < 1.29 is 13.2 Å². The fourth-order valence-electron chi connectivity index (χ4n) is 2.73. The fourth-order valence-corrected chi connectivity index (χ4v) is 4.34. The first kappa shape index (κ1) is 17.3. The SMILES string of the molecule is CCCCCOc1ccc(S(=O)(=O)N2CCCCC2)cc1C. The second-order valence-electron chi connectivity index (χ2n) is 5.95. The van der Waals surface area contributed by atoms with Gasteiger partial charge in [0.1, 0.15) is 5.75 Å². The van der Waals surface area contributed by atoms with E-state index in [0.29, 0.717) is 24.6 Å². The molecule has 0 saturated carbocycles. The van der Waals surface area contributed by atoms with Crippen LogP contribution in [0, 0.1) is 6.92 Å². The molecule has 1 aliphatic rings. The maximum atomic E-state index is 12.6. The summed E-state index contributed by atoms with van der Waals surface area (Å²) in [6, 6.07) is 5.20. The van der Waals surface area contributed by atoms with Crippen LogP contribution in [0.1, 0.15) is 51.0 Å². The molecule has 1 aromatic carbocycles. The number of nitrogens with zero attached hydrogens (tertiary/aromatic N) is 1. The third kappa shape index (κ3) is 4.23. The molecule has 1 aliphatic heterocycles. The molecule has 2 rings (SSSR count). The average molecular weight is 325 g/mol. The van der Waals surface area contributed by atoms with Crippen molar-refractivity contribution in [2.24, 2.45) is 0 Å². The number of ether oxygens (including phenoxy) is 1. The first-order valence-corrected chi connectivity index (χ1v) is 9.73. The zero-order valence-corrected chi connectivity index (χ0v) is 14.5. The maximum Gasteiger partial charge on any atom is 0.243 e. The molecule has 0 amide bonds. The van der Waals surface area contributed by atoms with Crippen molar-refractivity contribution in [2.75, 3.05) is 19.7 Å². The van der Waals surface area contributed by atoms with Crippen molar-refractivity contribution in [3.63, 3.8) is 0 Å². The molecular weight excluding hydrogens is 298 g/mol. The summed E-state index contributed by atoms with van der Waals surface area (Å²) in [5.41, 5.74) is 0.884. The van der Waals surface area contributed by atoms with Gasteiger partial charge in [0.2, 0.25) is 10.0 Å². The molecule has 1 heterocycles. The smallest absolute Gasteiger partial charge is 0.243 e. The van der Waals surface area contributed by atoms with Crippen LogP contribution in [-0.2, 0) is 10.0 Å². The van der Waals surface area contributed by atoms with Crippen LogP contribution in [0.2, 0.25) is 0 Å². The summed E-state index contributed by atoms with van der Waals surface area (Å²) < 4.78 is 32.6. The predicted molar refractivity (Wildman–Crippen MR) is 88.8 cm³/mol. The molecule has 0 aromatic heterocycles. The van der Waals surface area contributed by atoms with Crippen LogP contribution in [0.3, 0.4) is 0 Å². The minimum atomic E-state index is -3.35. The third-order valence-electron chi connectivity index (χ3n) is 4.10. The molecule has 0 N–H and O–H groups in total. The summed E-state index contributed by atoms with van der Waals surface area (Å²) in [7, 11) is -3.35. The minimum Gasteiger partial charge on any atom is -0.493 e. The lowest BCUT2D eigenvalue weighted by atomic mass is 10.2.